The van der Waals surface area contributed by atoms with Crippen molar-refractivity contribution in [2.75, 3.05) is 0 Å². The van der Waals surface area contributed by atoms with Crippen molar-refractivity contribution in [2.45, 2.75) is 41.6 Å². The van der Waals surface area contributed by atoms with E-state index in [2.05, 4.69) is 15.2 Å². The molecule has 8 nitrogen and oxygen atoms in total. The first-order valence-electron chi connectivity index (χ1n) is 9.42. The maximum absolute atomic E-state index is 11.7. The fourth-order valence-corrected chi connectivity index (χ4v) is 4.27. The zero-order valence-corrected chi connectivity index (χ0v) is 18.5. The van der Waals surface area contributed by atoms with E-state index in [-0.39, 0.29) is 15.7 Å². The third-order valence-electron chi connectivity index (χ3n) is 4.14. The third kappa shape index (κ3) is 6.19. The van der Waals surface area contributed by atoms with E-state index >= 15 is 0 Å². The third-order valence-corrected chi connectivity index (χ3v) is 6.09. The Balaban J connectivity index is 1.87. The van der Waals surface area contributed by atoms with Crippen LogP contribution in [0.4, 0.5) is 5.69 Å². The molecule has 0 atom stereocenters. The number of hydrogen-bond acceptors (Lipinski definition) is 7. The maximum Gasteiger partial charge on any atom is 0.342 e. The normalized spacial score (nSPS) is 11.5. The van der Waals surface area contributed by atoms with Crippen LogP contribution in [-0.4, -0.2) is 31.2 Å². The number of carboxylic acid groups (broad SMARTS) is 1. The van der Waals surface area contributed by atoms with Crippen LogP contribution < -0.4 is 0 Å². The van der Waals surface area contributed by atoms with Gasteiger partial charge in [-0.05, 0) is 54.9 Å². The molecule has 0 bridgehead atoms. The topological polar surface area (TPSA) is 122 Å². The van der Waals surface area contributed by atoms with E-state index in [1.807, 2.05) is 38.1 Å². The molecule has 3 aromatic rings. The van der Waals surface area contributed by atoms with Crippen LogP contribution in [-0.2, 0) is 11.2 Å². The molecule has 160 valence electrons. The van der Waals surface area contributed by atoms with Crippen LogP contribution in [0.15, 0.2) is 62.3 Å². The lowest BCUT2D eigenvalue weighted by Crippen LogP contribution is -1.98. The molecule has 0 unspecified atom stereocenters. The number of hydrogen-bond donors (Lipinski definition) is 2. The number of H-pyrrole nitrogens is 1. The Kier molecular flexibility index (Phi) is 7.48. The van der Waals surface area contributed by atoms with Crippen LogP contribution >= 0.6 is 23.5 Å². The lowest BCUT2D eigenvalue weighted by Gasteiger charge is -2.05. The molecule has 1 aromatic heterocycles. The fraction of sp³-hybridized carbons (Fsp3) is 0.190. The summed E-state index contributed by atoms with van der Waals surface area (Å²) in [5, 5.41) is 28.3. The molecule has 1 heterocycles. The highest BCUT2D eigenvalue weighted by molar-refractivity contribution is 8.04. The number of thioether (sulfide) groups is 1. The van der Waals surface area contributed by atoms with E-state index in [1.54, 1.807) is 12.1 Å². The van der Waals surface area contributed by atoms with Crippen LogP contribution in [0.1, 0.15) is 30.3 Å². The summed E-state index contributed by atoms with van der Waals surface area (Å²) in [6.45, 7) is 3.98. The van der Waals surface area contributed by atoms with E-state index in [0.29, 0.717) is 22.7 Å². The smallest absolute Gasteiger partial charge is 0.342 e. The largest absolute Gasteiger partial charge is 0.477 e. The van der Waals surface area contributed by atoms with Gasteiger partial charge in [0.2, 0.25) is 5.16 Å². The molecular weight excluding hydrogens is 436 g/mol. The molecule has 10 heteroatoms. The Morgan fingerprint density at radius 1 is 1.26 bits per heavy atom. The number of nitro benzene ring substituents is 1. The molecule has 0 aliphatic heterocycles. The van der Waals surface area contributed by atoms with E-state index in [1.165, 1.54) is 23.9 Å². The van der Waals surface area contributed by atoms with Gasteiger partial charge in [0, 0.05) is 17.4 Å². The number of rotatable bonds is 9. The lowest BCUT2D eigenvalue weighted by molar-refractivity contribution is -0.387. The number of carbonyl (C=O) groups is 1. The molecule has 0 saturated heterocycles. The summed E-state index contributed by atoms with van der Waals surface area (Å²) < 4.78 is 0. The van der Waals surface area contributed by atoms with Crippen molar-refractivity contribution in [1.82, 2.24) is 15.2 Å². The zero-order chi connectivity index (χ0) is 22.4. The first-order chi connectivity index (χ1) is 14.9. The molecule has 0 fully saturated rings. The van der Waals surface area contributed by atoms with E-state index in [9.17, 15) is 20.0 Å². The average molecular weight is 457 g/mol. The van der Waals surface area contributed by atoms with Gasteiger partial charge in [-0.15, -0.1) is 5.10 Å². The summed E-state index contributed by atoms with van der Waals surface area (Å²) in [4.78, 5) is 28.4. The Morgan fingerprint density at radius 2 is 2.00 bits per heavy atom. The highest BCUT2D eigenvalue weighted by Gasteiger charge is 2.18. The van der Waals surface area contributed by atoms with Gasteiger partial charge in [0.1, 0.15) is 10.7 Å². The molecule has 0 radical (unpaired) electrons. The number of aliphatic carboxylic acids is 1. The second-order valence-corrected chi connectivity index (χ2v) is 8.75. The molecule has 0 amide bonds. The molecule has 3 rings (SSSR count). The molecule has 31 heavy (non-hydrogen) atoms. The van der Waals surface area contributed by atoms with Crippen LogP contribution in [0.3, 0.4) is 0 Å². The predicted octanol–water partition coefficient (Wildman–Crippen LogP) is 5.34. The summed E-state index contributed by atoms with van der Waals surface area (Å²) in [5.41, 5.74) is 1.43. The second kappa shape index (κ2) is 10.3. The van der Waals surface area contributed by atoms with Crippen molar-refractivity contribution >= 4 is 41.3 Å². The van der Waals surface area contributed by atoms with Crippen molar-refractivity contribution < 1.29 is 14.8 Å². The molecule has 0 aliphatic rings. The van der Waals surface area contributed by atoms with E-state index < -0.39 is 10.9 Å². The van der Waals surface area contributed by atoms with Crippen molar-refractivity contribution in [3.05, 3.63) is 74.4 Å². The van der Waals surface area contributed by atoms with Crippen LogP contribution in [0.5, 0.6) is 0 Å². The summed E-state index contributed by atoms with van der Waals surface area (Å²) in [6, 6.07) is 12.4. The molecule has 2 N–H and O–H groups in total. The van der Waals surface area contributed by atoms with Crippen LogP contribution in [0.2, 0.25) is 0 Å². The standard InChI is InChI=1S/C21H20N4O4S2/c1-3-4-19-22-21(24-23-19)31-18(20(26)27)12-14-7-10-17(16(11-14)25(28)29)30-15-8-5-13(2)6-9-15/h5-12H,3-4H2,1-2H3,(H,26,27)(H,22,23,24)/b18-12+. The minimum absolute atomic E-state index is 0.0321. The SMILES string of the molecule is CCCc1nc(S/C(=C/c2ccc(Sc3ccc(C)cc3)c([N+](=O)[O-])c2)C(=O)O)n[nH]1. The molecule has 0 aliphatic carbocycles. The van der Waals surface area contributed by atoms with Crippen molar-refractivity contribution in [3.63, 3.8) is 0 Å². The highest BCUT2D eigenvalue weighted by atomic mass is 32.2. The second-order valence-electron chi connectivity index (χ2n) is 6.63. The minimum Gasteiger partial charge on any atom is -0.477 e. The Labute approximate surface area is 187 Å². The number of aromatic nitrogens is 3. The quantitative estimate of drug-likeness (QED) is 0.191. The first kappa shape index (κ1) is 22.6. The number of aryl methyl sites for hydroxylation is 2. The highest BCUT2D eigenvalue weighted by Crippen LogP contribution is 2.36. The minimum atomic E-state index is -1.16. The van der Waals surface area contributed by atoms with Gasteiger partial charge in [0.15, 0.2) is 0 Å². The van der Waals surface area contributed by atoms with Gasteiger partial charge in [-0.2, -0.15) is 0 Å². The zero-order valence-electron chi connectivity index (χ0n) is 16.9. The Bertz CT molecular complexity index is 1130. The summed E-state index contributed by atoms with van der Waals surface area (Å²) in [5.74, 6) is -0.476. The average Bonchev–Trinajstić information content (AvgIpc) is 3.17. The number of nitrogens with zero attached hydrogens (tertiary/aromatic N) is 3. The van der Waals surface area contributed by atoms with Gasteiger partial charge in [-0.1, -0.05) is 42.4 Å². The van der Waals surface area contributed by atoms with Gasteiger partial charge in [-0.3, -0.25) is 15.2 Å². The molecule has 2 aromatic carbocycles. The van der Waals surface area contributed by atoms with Gasteiger partial charge in [-0.25, -0.2) is 9.78 Å². The number of nitrogens with one attached hydrogen (secondary N) is 1. The van der Waals surface area contributed by atoms with Crippen LogP contribution in [0, 0.1) is 17.0 Å². The first-order valence-corrected chi connectivity index (χ1v) is 11.1. The number of nitro groups is 1. The monoisotopic (exact) mass is 456 g/mol. The molecule has 0 spiro atoms. The lowest BCUT2D eigenvalue weighted by atomic mass is 10.2. The van der Waals surface area contributed by atoms with Crippen LogP contribution in [0.25, 0.3) is 6.08 Å². The summed E-state index contributed by atoms with van der Waals surface area (Å²) in [7, 11) is 0. The molecular formula is C21H20N4O4S2. The Hall–Kier alpha value is -3.11. The summed E-state index contributed by atoms with van der Waals surface area (Å²) in [6.07, 6.45) is 2.99. The molecule has 0 saturated carbocycles. The van der Waals surface area contributed by atoms with Gasteiger partial charge in [0.05, 0.1) is 9.82 Å². The van der Waals surface area contributed by atoms with Gasteiger partial charge in [0.25, 0.3) is 5.69 Å². The van der Waals surface area contributed by atoms with Gasteiger partial charge < -0.3 is 5.11 Å². The number of aromatic amines is 1. The van der Waals surface area contributed by atoms with Crippen molar-refractivity contribution in [2.24, 2.45) is 0 Å². The fourth-order valence-electron chi connectivity index (χ4n) is 2.64. The summed E-state index contributed by atoms with van der Waals surface area (Å²) >= 11 is 2.18. The Morgan fingerprint density at radius 3 is 2.65 bits per heavy atom. The van der Waals surface area contributed by atoms with E-state index in [4.69, 9.17) is 0 Å². The number of benzene rings is 2. The maximum atomic E-state index is 11.7. The van der Waals surface area contributed by atoms with Crippen molar-refractivity contribution in [1.29, 1.82) is 0 Å². The van der Waals surface area contributed by atoms with Crippen molar-refractivity contribution in [3.8, 4) is 0 Å². The van der Waals surface area contributed by atoms with Gasteiger partial charge >= 0.3 is 5.97 Å². The van der Waals surface area contributed by atoms with E-state index in [0.717, 1.165) is 28.6 Å². The predicted molar refractivity (Wildman–Crippen MR) is 120 cm³/mol. The number of carboxylic acids is 1.